The zero-order valence-corrected chi connectivity index (χ0v) is 10.8. The maximum atomic E-state index is 11.3. The highest BCUT2D eigenvalue weighted by atomic mass is 35.5. The van der Waals surface area contributed by atoms with E-state index in [2.05, 4.69) is 10.4 Å². The number of aromatic nitrogens is 2. The molecule has 0 aliphatic carbocycles. The van der Waals surface area contributed by atoms with Crippen LogP contribution in [0.25, 0.3) is 0 Å². The molecule has 1 amide bonds. The quantitative estimate of drug-likeness (QED) is 0.827. The fourth-order valence-corrected chi connectivity index (χ4v) is 1.01. The number of nitrogens with one attached hydrogen (secondary N) is 1. The van der Waals surface area contributed by atoms with E-state index in [-0.39, 0.29) is 23.9 Å². The van der Waals surface area contributed by atoms with Crippen LogP contribution in [0.3, 0.4) is 0 Å². The Morgan fingerprint density at radius 2 is 2.12 bits per heavy atom. The molecule has 16 heavy (non-hydrogen) atoms. The van der Waals surface area contributed by atoms with E-state index in [9.17, 15) is 4.79 Å². The first-order valence-electron chi connectivity index (χ1n) is 4.92. The van der Waals surface area contributed by atoms with Gasteiger partial charge in [0.2, 0.25) is 5.91 Å². The molecule has 0 bridgehead atoms. The third-order valence-electron chi connectivity index (χ3n) is 1.95. The SMILES string of the molecule is CC(N)C(=O)Nc1cnn(C(C)(C)C)c1.Cl. The summed E-state index contributed by atoms with van der Waals surface area (Å²) in [5.74, 6) is -0.205. The standard InChI is InChI=1S/C10H18N4O.ClH/c1-7(11)9(15)13-8-5-12-14(6-8)10(2,3)4;/h5-7H,11H2,1-4H3,(H,13,15);1H. The van der Waals surface area contributed by atoms with Gasteiger partial charge in [-0.1, -0.05) is 0 Å². The molecular formula is C10H19ClN4O. The number of anilines is 1. The number of amides is 1. The van der Waals surface area contributed by atoms with Crippen LogP contribution in [0.5, 0.6) is 0 Å². The summed E-state index contributed by atoms with van der Waals surface area (Å²) in [5.41, 5.74) is 6.02. The maximum Gasteiger partial charge on any atom is 0.241 e. The number of carbonyl (C=O) groups excluding carboxylic acids is 1. The number of rotatable bonds is 2. The summed E-state index contributed by atoms with van der Waals surface area (Å²) in [7, 11) is 0. The summed E-state index contributed by atoms with van der Waals surface area (Å²) in [6, 6.07) is -0.511. The van der Waals surface area contributed by atoms with E-state index in [1.165, 1.54) is 0 Å². The Labute approximate surface area is 102 Å². The van der Waals surface area contributed by atoms with E-state index in [1.54, 1.807) is 24.0 Å². The van der Waals surface area contributed by atoms with Gasteiger partial charge in [-0.05, 0) is 27.7 Å². The molecule has 1 heterocycles. The Balaban J connectivity index is 0.00000225. The normalized spacial score (nSPS) is 12.8. The highest BCUT2D eigenvalue weighted by Gasteiger charge is 2.15. The highest BCUT2D eigenvalue weighted by molar-refractivity contribution is 5.94. The van der Waals surface area contributed by atoms with E-state index in [1.807, 2.05) is 20.8 Å². The molecule has 1 rings (SSSR count). The fraction of sp³-hybridized carbons (Fsp3) is 0.600. The monoisotopic (exact) mass is 246 g/mol. The molecule has 1 aromatic heterocycles. The minimum Gasteiger partial charge on any atom is -0.322 e. The third-order valence-corrected chi connectivity index (χ3v) is 1.95. The van der Waals surface area contributed by atoms with Crippen molar-refractivity contribution in [3.63, 3.8) is 0 Å². The Kier molecular flexibility index (Phi) is 4.96. The molecule has 0 saturated carbocycles. The average molecular weight is 247 g/mol. The van der Waals surface area contributed by atoms with Gasteiger partial charge in [-0.25, -0.2) is 0 Å². The second kappa shape index (κ2) is 5.32. The first-order chi connectivity index (χ1) is 6.80. The van der Waals surface area contributed by atoms with E-state index in [0.717, 1.165) is 0 Å². The molecule has 0 spiro atoms. The average Bonchev–Trinajstić information content (AvgIpc) is 2.51. The maximum absolute atomic E-state index is 11.3. The first-order valence-corrected chi connectivity index (χ1v) is 4.92. The van der Waals surface area contributed by atoms with E-state index in [0.29, 0.717) is 5.69 Å². The molecule has 0 aliphatic rings. The number of hydrogen-bond acceptors (Lipinski definition) is 3. The lowest BCUT2D eigenvalue weighted by Crippen LogP contribution is -2.32. The van der Waals surface area contributed by atoms with Crippen molar-refractivity contribution in [2.24, 2.45) is 5.73 Å². The van der Waals surface area contributed by atoms with Gasteiger partial charge in [-0.15, -0.1) is 12.4 Å². The first kappa shape index (κ1) is 14.9. The molecule has 3 N–H and O–H groups in total. The van der Waals surface area contributed by atoms with Gasteiger partial charge in [0.25, 0.3) is 0 Å². The summed E-state index contributed by atoms with van der Waals surface area (Å²) in [6.07, 6.45) is 3.41. The van der Waals surface area contributed by atoms with Gasteiger partial charge in [0, 0.05) is 6.20 Å². The van der Waals surface area contributed by atoms with E-state index < -0.39 is 6.04 Å². The predicted octanol–water partition coefficient (Wildman–Crippen LogP) is 1.35. The third kappa shape index (κ3) is 3.83. The van der Waals surface area contributed by atoms with Crippen molar-refractivity contribution in [2.75, 3.05) is 5.32 Å². The molecule has 0 radical (unpaired) electrons. The number of nitrogens with zero attached hydrogens (tertiary/aromatic N) is 2. The molecule has 0 aromatic carbocycles. The molecule has 92 valence electrons. The minimum absolute atomic E-state index is 0. The largest absolute Gasteiger partial charge is 0.322 e. The van der Waals surface area contributed by atoms with Crippen LogP contribution in [-0.4, -0.2) is 21.7 Å². The molecule has 1 atom stereocenters. The molecule has 5 nitrogen and oxygen atoms in total. The summed E-state index contributed by atoms with van der Waals surface area (Å²) in [4.78, 5) is 11.3. The van der Waals surface area contributed by atoms with Crippen molar-refractivity contribution < 1.29 is 4.79 Å². The van der Waals surface area contributed by atoms with E-state index >= 15 is 0 Å². The molecule has 1 aromatic rings. The van der Waals surface area contributed by atoms with Crippen molar-refractivity contribution in [2.45, 2.75) is 39.3 Å². The molecule has 0 aliphatic heterocycles. The lowest BCUT2D eigenvalue weighted by molar-refractivity contribution is -0.117. The van der Waals surface area contributed by atoms with Gasteiger partial charge in [-0.3, -0.25) is 9.48 Å². The lowest BCUT2D eigenvalue weighted by Gasteiger charge is -2.18. The predicted molar refractivity (Wildman–Crippen MR) is 66.8 cm³/mol. The number of hydrogen-bond donors (Lipinski definition) is 2. The summed E-state index contributed by atoms with van der Waals surface area (Å²) in [5, 5.41) is 6.85. The van der Waals surface area contributed by atoms with E-state index in [4.69, 9.17) is 5.73 Å². The van der Waals surface area contributed by atoms with Crippen molar-refractivity contribution >= 4 is 24.0 Å². The van der Waals surface area contributed by atoms with Gasteiger partial charge in [-0.2, -0.15) is 5.10 Å². The number of carbonyl (C=O) groups is 1. The van der Waals surface area contributed by atoms with Crippen molar-refractivity contribution in [3.8, 4) is 0 Å². The smallest absolute Gasteiger partial charge is 0.241 e. The summed E-state index contributed by atoms with van der Waals surface area (Å²) < 4.78 is 1.80. The van der Waals surface area contributed by atoms with Crippen LogP contribution in [0.1, 0.15) is 27.7 Å². The van der Waals surface area contributed by atoms with Crippen molar-refractivity contribution in [1.82, 2.24) is 9.78 Å². The lowest BCUT2D eigenvalue weighted by atomic mass is 10.1. The van der Waals surface area contributed by atoms with Crippen LogP contribution in [0.15, 0.2) is 12.4 Å². The summed E-state index contributed by atoms with van der Waals surface area (Å²) in [6.45, 7) is 7.76. The minimum atomic E-state index is -0.511. The van der Waals surface area contributed by atoms with Crippen molar-refractivity contribution in [3.05, 3.63) is 12.4 Å². The molecule has 6 heteroatoms. The van der Waals surface area contributed by atoms with Crippen LogP contribution in [-0.2, 0) is 10.3 Å². The molecular weight excluding hydrogens is 228 g/mol. The Bertz CT molecular complexity index is 354. The zero-order chi connectivity index (χ0) is 11.6. The second-order valence-electron chi connectivity index (χ2n) is 4.62. The molecule has 1 unspecified atom stereocenters. The fourth-order valence-electron chi connectivity index (χ4n) is 1.01. The Hall–Kier alpha value is -1.07. The zero-order valence-electron chi connectivity index (χ0n) is 10.0. The second-order valence-corrected chi connectivity index (χ2v) is 4.62. The molecule has 0 fully saturated rings. The van der Waals surface area contributed by atoms with Crippen molar-refractivity contribution in [1.29, 1.82) is 0 Å². The van der Waals surface area contributed by atoms with Gasteiger partial charge in [0.1, 0.15) is 0 Å². The Morgan fingerprint density at radius 3 is 2.50 bits per heavy atom. The molecule has 0 saturated heterocycles. The van der Waals surface area contributed by atoms with Gasteiger partial charge in [0.05, 0.1) is 23.5 Å². The Morgan fingerprint density at radius 1 is 1.56 bits per heavy atom. The van der Waals surface area contributed by atoms with Crippen LogP contribution in [0, 0.1) is 0 Å². The topological polar surface area (TPSA) is 72.9 Å². The summed E-state index contributed by atoms with van der Waals surface area (Å²) >= 11 is 0. The number of halogens is 1. The van der Waals surface area contributed by atoms with Gasteiger partial charge < -0.3 is 11.1 Å². The van der Waals surface area contributed by atoms with Gasteiger partial charge >= 0.3 is 0 Å². The van der Waals surface area contributed by atoms with Crippen LogP contribution in [0.4, 0.5) is 5.69 Å². The van der Waals surface area contributed by atoms with Crippen LogP contribution < -0.4 is 11.1 Å². The van der Waals surface area contributed by atoms with Crippen LogP contribution >= 0.6 is 12.4 Å². The van der Waals surface area contributed by atoms with Crippen LogP contribution in [0.2, 0.25) is 0 Å². The number of nitrogens with two attached hydrogens (primary N) is 1. The van der Waals surface area contributed by atoms with Gasteiger partial charge in [0.15, 0.2) is 0 Å². The highest BCUT2D eigenvalue weighted by Crippen LogP contribution is 2.15.